The molecule has 39 heavy (non-hydrogen) atoms. The molecule has 0 amide bonds. The van der Waals surface area contributed by atoms with Crippen molar-refractivity contribution in [3.05, 3.63) is 89.0 Å². The fourth-order valence-electron chi connectivity index (χ4n) is 4.73. The van der Waals surface area contributed by atoms with Gasteiger partial charge in [-0.15, -0.1) is 10.2 Å². The number of piperidine rings is 1. The second-order valence-electron chi connectivity index (χ2n) is 9.43. The number of halogens is 4. The van der Waals surface area contributed by atoms with E-state index < -0.39 is 18.0 Å². The topological polar surface area (TPSA) is 87.1 Å². The van der Waals surface area contributed by atoms with Crippen LogP contribution in [-0.2, 0) is 6.18 Å². The summed E-state index contributed by atoms with van der Waals surface area (Å²) in [5, 5.41) is 23.2. The summed E-state index contributed by atoms with van der Waals surface area (Å²) in [5.74, 6) is 0.633. The minimum atomic E-state index is -4.43. The summed E-state index contributed by atoms with van der Waals surface area (Å²) in [7, 11) is 0. The Balaban J connectivity index is 1.37. The first-order chi connectivity index (χ1) is 18.7. The van der Waals surface area contributed by atoms with E-state index >= 15 is 0 Å². The Morgan fingerprint density at radius 1 is 1.03 bits per heavy atom. The van der Waals surface area contributed by atoms with Gasteiger partial charge in [-0.1, -0.05) is 29.8 Å². The molecule has 202 valence electrons. The summed E-state index contributed by atoms with van der Waals surface area (Å²) in [6.45, 7) is 3.25. The lowest BCUT2D eigenvalue weighted by atomic mass is 9.99. The summed E-state index contributed by atoms with van der Waals surface area (Å²) in [6.07, 6.45) is 1.01. The molecule has 7 nitrogen and oxygen atoms in total. The van der Waals surface area contributed by atoms with Gasteiger partial charge >= 0.3 is 6.18 Å². The Morgan fingerprint density at radius 2 is 1.77 bits per heavy atom. The zero-order chi connectivity index (χ0) is 27.6. The molecule has 1 aliphatic rings. The van der Waals surface area contributed by atoms with Crippen molar-refractivity contribution in [1.82, 2.24) is 25.5 Å². The lowest BCUT2D eigenvalue weighted by Crippen LogP contribution is -2.44. The molecule has 1 saturated heterocycles. The molecular formula is C28H26ClF3N6O. The maximum Gasteiger partial charge on any atom is 0.416 e. The standard InChI is InChI=1S/C28H26ClF3N6O/c1-17-3-2-11-34-25(17)27(39)35-20-9-13-38(14-10-20)24-15-22(21-8-12-33-16-23(21)29)26(37-36-24)18-4-6-19(7-5-18)28(30,31)32/h2-8,11-12,15-16,20,27,35,39H,9-10,13-14H2,1H3. The van der Waals surface area contributed by atoms with Crippen molar-refractivity contribution in [1.29, 1.82) is 0 Å². The average molecular weight is 555 g/mol. The summed E-state index contributed by atoms with van der Waals surface area (Å²) in [4.78, 5) is 10.4. The van der Waals surface area contributed by atoms with E-state index in [1.165, 1.54) is 18.3 Å². The van der Waals surface area contributed by atoms with E-state index in [1.54, 1.807) is 18.5 Å². The van der Waals surface area contributed by atoms with Gasteiger partial charge in [0.25, 0.3) is 0 Å². The van der Waals surface area contributed by atoms with Gasteiger partial charge in [-0.25, -0.2) is 0 Å². The Hall–Kier alpha value is -3.60. The molecule has 0 bridgehead atoms. The number of alkyl halides is 3. The molecule has 0 saturated carbocycles. The Labute approximate surface area is 228 Å². The number of hydrogen-bond acceptors (Lipinski definition) is 7. The number of aryl methyl sites for hydroxylation is 1. The molecule has 1 atom stereocenters. The van der Waals surface area contributed by atoms with Crippen molar-refractivity contribution in [3.8, 4) is 22.4 Å². The minimum absolute atomic E-state index is 0.0890. The van der Waals surface area contributed by atoms with E-state index in [1.807, 2.05) is 25.1 Å². The van der Waals surface area contributed by atoms with Crippen molar-refractivity contribution in [2.45, 2.75) is 38.2 Å². The van der Waals surface area contributed by atoms with Gasteiger partial charge in [-0.3, -0.25) is 15.3 Å². The number of pyridine rings is 2. The van der Waals surface area contributed by atoms with Gasteiger partial charge in [-0.2, -0.15) is 13.2 Å². The van der Waals surface area contributed by atoms with Gasteiger partial charge in [0.1, 0.15) is 11.9 Å². The zero-order valence-corrected chi connectivity index (χ0v) is 21.8. The lowest BCUT2D eigenvalue weighted by molar-refractivity contribution is -0.137. The van der Waals surface area contributed by atoms with Crippen molar-refractivity contribution in [2.75, 3.05) is 18.0 Å². The minimum Gasteiger partial charge on any atom is -0.373 e. The summed E-state index contributed by atoms with van der Waals surface area (Å²) >= 11 is 6.46. The molecule has 0 spiro atoms. The smallest absolute Gasteiger partial charge is 0.373 e. The highest BCUT2D eigenvalue weighted by Crippen LogP contribution is 2.37. The van der Waals surface area contributed by atoms with Gasteiger partial charge in [0, 0.05) is 54.4 Å². The van der Waals surface area contributed by atoms with E-state index in [2.05, 4.69) is 30.4 Å². The van der Waals surface area contributed by atoms with Gasteiger partial charge < -0.3 is 10.0 Å². The molecule has 0 radical (unpaired) electrons. The number of nitrogens with zero attached hydrogens (tertiary/aromatic N) is 5. The summed E-state index contributed by atoms with van der Waals surface area (Å²) in [5.41, 5.74) is 3.01. The maximum absolute atomic E-state index is 13.1. The SMILES string of the molecule is Cc1cccnc1C(O)NC1CCN(c2cc(-c3ccncc3Cl)c(-c3ccc(C(F)(F)F)cc3)nn2)CC1. The van der Waals surface area contributed by atoms with E-state index in [0.717, 1.165) is 30.5 Å². The highest BCUT2D eigenvalue weighted by Gasteiger charge is 2.30. The third-order valence-electron chi connectivity index (χ3n) is 6.85. The van der Waals surface area contributed by atoms with Crippen LogP contribution >= 0.6 is 11.6 Å². The van der Waals surface area contributed by atoms with Crippen molar-refractivity contribution in [3.63, 3.8) is 0 Å². The predicted octanol–water partition coefficient (Wildman–Crippen LogP) is 5.83. The third kappa shape index (κ3) is 6.03. The van der Waals surface area contributed by atoms with Crippen molar-refractivity contribution in [2.24, 2.45) is 0 Å². The molecule has 3 aromatic heterocycles. The van der Waals surface area contributed by atoms with Crippen LogP contribution in [0.2, 0.25) is 5.02 Å². The first-order valence-corrected chi connectivity index (χ1v) is 12.8. The van der Waals surface area contributed by atoms with Crippen LogP contribution < -0.4 is 10.2 Å². The number of aromatic nitrogens is 4. The molecule has 1 aromatic carbocycles. The van der Waals surface area contributed by atoms with Crippen LogP contribution in [0, 0.1) is 6.92 Å². The number of aliphatic hydroxyl groups is 1. The fourth-order valence-corrected chi connectivity index (χ4v) is 4.95. The number of anilines is 1. The van der Waals surface area contributed by atoms with Gasteiger partial charge in [0.05, 0.1) is 16.3 Å². The first kappa shape index (κ1) is 27.0. The van der Waals surface area contributed by atoms with Gasteiger partial charge in [0.2, 0.25) is 0 Å². The highest BCUT2D eigenvalue weighted by molar-refractivity contribution is 6.33. The average Bonchev–Trinajstić information content (AvgIpc) is 2.93. The van der Waals surface area contributed by atoms with Gasteiger partial charge in [-0.05, 0) is 55.7 Å². The molecule has 1 unspecified atom stereocenters. The number of nitrogens with one attached hydrogen (secondary N) is 1. The van der Waals surface area contributed by atoms with E-state index in [0.29, 0.717) is 52.0 Å². The van der Waals surface area contributed by atoms with Crippen LogP contribution in [0.1, 0.15) is 35.9 Å². The zero-order valence-electron chi connectivity index (χ0n) is 21.0. The number of rotatable bonds is 6. The number of benzene rings is 1. The Bertz CT molecular complexity index is 1440. The molecule has 1 fully saturated rings. The normalized spacial score (nSPS) is 15.4. The fraction of sp³-hybridized carbons (Fsp3) is 0.286. The predicted molar refractivity (Wildman–Crippen MR) is 143 cm³/mol. The van der Waals surface area contributed by atoms with Gasteiger partial charge in [0.15, 0.2) is 5.82 Å². The quantitative estimate of drug-likeness (QED) is 0.290. The monoisotopic (exact) mass is 554 g/mol. The molecule has 2 N–H and O–H groups in total. The second kappa shape index (κ2) is 11.3. The van der Waals surface area contributed by atoms with Crippen LogP contribution in [-0.4, -0.2) is 44.4 Å². The molecule has 0 aliphatic carbocycles. The van der Waals surface area contributed by atoms with Crippen molar-refractivity contribution >= 4 is 17.4 Å². The Kier molecular flexibility index (Phi) is 7.79. The van der Waals surface area contributed by atoms with Crippen LogP contribution in [0.25, 0.3) is 22.4 Å². The van der Waals surface area contributed by atoms with Crippen LogP contribution in [0.15, 0.2) is 67.1 Å². The van der Waals surface area contributed by atoms with Crippen molar-refractivity contribution < 1.29 is 18.3 Å². The van der Waals surface area contributed by atoms with Crippen LogP contribution in [0.4, 0.5) is 19.0 Å². The Morgan fingerprint density at radius 3 is 2.44 bits per heavy atom. The number of hydrogen-bond donors (Lipinski definition) is 2. The largest absolute Gasteiger partial charge is 0.416 e. The molecular weight excluding hydrogens is 529 g/mol. The summed E-state index contributed by atoms with van der Waals surface area (Å²) < 4.78 is 39.3. The summed E-state index contributed by atoms with van der Waals surface area (Å²) in [6, 6.07) is 12.3. The molecule has 4 heterocycles. The maximum atomic E-state index is 13.1. The van der Waals surface area contributed by atoms with E-state index in [4.69, 9.17) is 11.6 Å². The second-order valence-corrected chi connectivity index (χ2v) is 9.84. The third-order valence-corrected chi connectivity index (χ3v) is 7.15. The van der Waals surface area contributed by atoms with Crippen LogP contribution in [0.5, 0.6) is 0 Å². The first-order valence-electron chi connectivity index (χ1n) is 12.5. The van der Waals surface area contributed by atoms with E-state index in [-0.39, 0.29) is 6.04 Å². The van der Waals surface area contributed by atoms with E-state index in [9.17, 15) is 18.3 Å². The number of aliphatic hydroxyl groups excluding tert-OH is 1. The molecule has 4 aromatic rings. The molecule has 11 heteroatoms. The lowest BCUT2D eigenvalue weighted by Gasteiger charge is -2.34. The molecule has 5 rings (SSSR count). The van der Waals surface area contributed by atoms with Crippen LogP contribution in [0.3, 0.4) is 0 Å². The molecule has 1 aliphatic heterocycles. The highest BCUT2D eigenvalue weighted by atomic mass is 35.5.